The van der Waals surface area contributed by atoms with Gasteiger partial charge in [-0.1, -0.05) is 78.9 Å². The van der Waals surface area contributed by atoms with Crippen LogP contribution in [0.3, 0.4) is 0 Å². The van der Waals surface area contributed by atoms with E-state index in [0.717, 1.165) is 6.07 Å². The predicted octanol–water partition coefficient (Wildman–Crippen LogP) is 4.98. The summed E-state index contributed by atoms with van der Waals surface area (Å²) in [7, 11) is -8.24. The van der Waals surface area contributed by atoms with Crippen LogP contribution in [0.1, 0.15) is 0 Å². The number of rotatable bonds is 4. The van der Waals surface area contributed by atoms with Gasteiger partial charge in [-0.3, -0.25) is 13.8 Å². The maximum atomic E-state index is 12.0. The number of halogens is 6. The van der Waals surface area contributed by atoms with Gasteiger partial charge in [0.1, 0.15) is 0 Å². The molecule has 296 valence electrons. The van der Waals surface area contributed by atoms with Gasteiger partial charge in [-0.05, 0) is 60.7 Å². The molecule has 0 aliphatic heterocycles. The molecule has 0 spiro atoms. The molecule has 0 fully saturated rings. The molecule has 0 aliphatic carbocycles. The van der Waals surface area contributed by atoms with Crippen LogP contribution in [0.4, 0.5) is 22.0 Å². The van der Waals surface area contributed by atoms with Crippen molar-refractivity contribution in [3.05, 3.63) is 214 Å². The van der Waals surface area contributed by atoms with E-state index in [2.05, 4.69) is 80.2 Å². The molecule has 6 rings (SSSR count). The third-order valence-electron chi connectivity index (χ3n) is 6.56. The first-order valence-corrected chi connectivity index (χ1v) is 20.3. The van der Waals surface area contributed by atoms with E-state index in [1.54, 1.807) is 12.4 Å². The summed E-state index contributed by atoms with van der Waals surface area (Å²) in [5.74, 6) is -10.0. The molecule has 0 saturated carbocycles. The van der Waals surface area contributed by atoms with E-state index in [-0.39, 0.29) is 44.8 Å². The minimum atomic E-state index is -4.94. The van der Waals surface area contributed by atoms with Gasteiger partial charge in [0.15, 0.2) is 0 Å². The number of pyridine rings is 1. The molecular formula is C39H33Au2ClF5NO4P2-4. The molecule has 15 heteroatoms. The molecule has 6 aromatic rings. The summed E-state index contributed by atoms with van der Waals surface area (Å²) in [6, 6.07) is 48.1. The number of nitrogens with zero attached hydrogens (tertiary/aromatic N) is 1. The van der Waals surface area contributed by atoms with Crippen LogP contribution in [0.25, 0.3) is 0 Å². The molecule has 0 unspecified atom stereocenters. The van der Waals surface area contributed by atoms with Crippen molar-refractivity contribution in [2.45, 2.75) is 0 Å². The summed E-state index contributed by atoms with van der Waals surface area (Å²) < 4.78 is 93.8. The Morgan fingerprint density at radius 1 is 0.426 bits per heavy atom. The van der Waals surface area contributed by atoms with Gasteiger partial charge in [0.05, 0.1) is 29.1 Å². The van der Waals surface area contributed by atoms with Crippen molar-refractivity contribution >= 4 is 35.7 Å². The van der Waals surface area contributed by atoms with Gasteiger partial charge < -0.3 is 0 Å². The standard InChI is InChI=1S/2C14H14P.C6F5.C5H5N.2Au.ClHO4/c2*1-15(2,13-9-5-3-6-10-13)14-11-7-4-8-12-14;7-2-1-3(8)5(10)6(11)4(2)9;1-2-4-6-5-3-1;;;2-1(3,4)5/h2*3-12H,1-2H2;;1-5H;;;(H,2,3,4,5)/q3*-1;;;;/p-1. The second-order valence-corrected chi connectivity index (χ2v) is 17.1. The van der Waals surface area contributed by atoms with Gasteiger partial charge in [0.25, 0.3) is 0 Å². The van der Waals surface area contributed by atoms with Crippen LogP contribution in [-0.4, -0.2) is 4.98 Å². The fourth-order valence-electron chi connectivity index (χ4n) is 3.96. The summed E-state index contributed by atoms with van der Waals surface area (Å²) in [6.07, 6.45) is 3.50. The maximum absolute atomic E-state index is 12.0. The van der Waals surface area contributed by atoms with Crippen molar-refractivity contribution in [2.24, 2.45) is 0 Å². The number of hydrogen-bond donors (Lipinski definition) is 0. The van der Waals surface area contributed by atoms with Gasteiger partial charge in [-0.15, -0.1) is 16.3 Å². The quantitative estimate of drug-likeness (QED) is 0.0620. The van der Waals surface area contributed by atoms with Crippen LogP contribution in [0.5, 0.6) is 0 Å². The van der Waals surface area contributed by atoms with Crippen LogP contribution in [0.2, 0.25) is 0 Å². The Kier molecular flexibility index (Phi) is 24.3. The Morgan fingerprint density at radius 3 is 0.833 bits per heavy atom. The second kappa shape index (κ2) is 25.5. The molecule has 5 nitrogen and oxygen atoms in total. The predicted molar refractivity (Wildman–Crippen MR) is 189 cm³/mol. The zero-order chi connectivity index (χ0) is 38.8. The third-order valence-corrected chi connectivity index (χ3v) is 11.7. The van der Waals surface area contributed by atoms with E-state index in [4.69, 9.17) is 18.6 Å². The summed E-state index contributed by atoms with van der Waals surface area (Å²) in [5.41, 5.74) is 0. The van der Waals surface area contributed by atoms with Crippen LogP contribution in [0, 0.1) is 72.1 Å². The monoisotopic (exact) mass is 1170 g/mol. The average Bonchev–Trinajstić information content (AvgIpc) is 3.15. The summed E-state index contributed by atoms with van der Waals surface area (Å²) >= 11 is 0. The van der Waals surface area contributed by atoms with Crippen LogP contribution in [0.15, 0.2) is 152 Å². The molecular weight excluding hydrogens is 1130 g/mol. The summed E-state index contributed by atoms with van der Waals surface area (Å²) in [6.45, 7) is 17.2. The van der Waals surface area contributed by atoms with Crippen molar-refractivity contribution in [3.63, 3.8) is 0 Å². The van der Waals surface area contributed by atoms with E-state index in [9.17, 15) is 22.0 Å². The molecule has 0 amide bonds. The Labute approximate surface area is 347 Å². The minimum absolute atomic E-state index is 0. The maximum Gasteiger partial charge on any atom is 0.0893 e. The SMILES string of the molecule is Fc1[c-]c(F)c(F)c(F)c1F.[Au].[Au].[CH2-][P+]([CH2-])(c1ccccc1)c1ccccc1.[CH2-][P+]([CH2-])(c1ccccc1)c1ccccc1.[O-][Cl+3]([O-])([O-])[O-].c1ccncc1. The second-order valence-electron chi connectivity index (χ2n) is 10.4. The Morgan fingerprint density at radius 2 is 0.648 bits per heavy atom. The molecule has 2 radical (unpaired) electrons. The van der Waals surface area contributed by atoms with Crippen molar-refractivity contribution < 1.29 is 95.6 Å². The van der Waals surface area contributed by atoms with Crippen LogP contribution in [-0.2, 0) is 44.8 Å². The Balaban J connectivity index is 0.000000680. The molecule has 0 atom stereocenters. The molecule has 0 N–H and O–H groups in total. The summed E-state index contributed by atoms with van der Waals surface area (Å²) in [5, 5.41) is 4.99. The normalized spacial score (nSPS) is 10.4. The van der Waals surface area contributed by atoms with Crippen molar-refractivity contribution in [1.29, 1.82) is 0 Å². The van der Waals surface area contributed by atoms with Gasteiger partial charge in [0.2, 0.25) is 0 Å². The third kappa shape index (κ3) is 18.3. The fourth-order valence-corrected chi connectivity index (χ4v) is 7.53. The topological polar surface area (TPSA) is 105 Å². The van der Waals surface area contributed by atoms with E-state index in [1.807, 2.05) is 91.0 Å². The molecule has 0 aliphatic rings. The van der Waals surface area contributed by atoms with Gasteiger partial charge in [0, 0.05) is 78.4 Å². The summed E-state index contributed by atoms with van der Waals surface area (Å²) in [4.78, 5) is 3.78. The van der Waals surface area contributed by atoms with Crippen molar-refractivity contribution in [2.75, 3.05) is 0 Å². The van der Waals surface area contributed by atoms with Gasteiger partial charge >= 0.3 is 0 Å². The first-order valence-electron chi connectivity index (χ1n) is 14.7. The zero-order valence-corrected chi connectivity index (χ0v) is 35.0. The van der Waals surface area contributed by atoms with E-state index < -0.39 is 53.9 Å². The fraction of sp³-hybridized carbons (Fsp3) is 0. The molecule has 1 heterocycles. The van der Waals surface area contributed by atoms with E-state index >= 15 is 0 Å². The largest absolute Gasteiger partial charge is 0.278 e. The molecule has 54 heavy (non-hydrogen) atoms. The smallest absolute Gasteiger partial charge is 0.0893 e. The average molecular weight is 1170 g/mol. The number of hydrogen-bond acceptors (Lipinski definition) is 5. The van der Waals surface area contributed by atoms with Crippen LogP contribution < -0.4 is 39.9 Å². The van der Waals surface area contributed by atoms with E-state index in [1.165, 1.54) is 21.2 Å². The molecule has 1 aromatic heterocycles. The van der Waals surface area contributed by atoms with Crippen molar-refractivity contribution in [3.8, 4) is 0 Å². The first kappa shape index (κ1) is 51.4. The number of benzene rings is 5. The Bertz CT molecular complexity index is 1660. The molecule has 0 saturated heterocycles. The number of aromatic nitrogens is 1. The van der Waals surface area contributed by atoms with Gasteiger partial charge in [-0.25, -0.2) is 31.8 Å². The minimum Gasteiger partial charge on any atom is -0.278 e. The van der Waals surface area contributed by atoms with E-state index in [0.29, 0.717) is 0 Å². The first-order chi connectivity index (χ1) is 24.5. The molecule has 0 bridgehead atoms. The van der Waals surface area contributed by atoms with Crippen LogP contribution >= 0.6 is 14.5 Å². The Hall–Kier alpha value is -2.63. The molecule has 5 aromatic carbocycles. The van der Waals surface area contributed by atoms with Gasteiger partial charge in [-0.2, -0.15) is 41.2 Å². The zero-order valence-electron chi connectivity index (χ0n) is 28.1. The van der Waals surface area contributed by atoms with Crippen molar-refractivity contribution in [1.82, 2.24) is 4.98 Å².